The highest BCUT2D eigenvalue weighted by atomic mass is 16.6. The first-order valence-electron chi connectivity index (χ1n) is 7.81. The van der Waals surface area contributed by atoms with Crippen molar-refractivity contribution >= 4 is 11.8 Å². The Labute approximate surface area is 132 Å². The number of hydrogen-bond acceptors (Lipinski definition) is 4. The smallest absolute Gasteiger partial charge is 0.407 e. The van der Waals surface area contributed by atoms with Crippen molar-refractivity contribution in [2.24, 2.45) is 0 Å². The summed E-state index contributed by atoms with van der Waals surface area (Å²) in [6.45, 7) is 5.75. The van der Waals surface area contributed by atoms with Crippen LogP contribution in [-0.2, 0) is 11.2 Å². The van der Waals surface area contributed by atoms with Crippen LogP contribution in [0.25, 0.3) is 0 Å². The third-order valence-electron chi connectivity index (χ3n) is 3.58. The van der Waals surface area contributed by atoms with E-state index in [4.69, 9.17) is 9.84 Å². The van der Waals surface area contributed by atoms with Gasteiger partial charge in [0.25, 0.3) is 0 Å². The Kier molecular flexibility index (Phi) is 5.29. The summed E-state index contributed by atoms with van der Waals surface area (Å²) in [5, 5.41) is 15.2. The molecule has 0 heterocycles. The Bertz CT molecular complexity index is 488. The Morgan fingerprint density at radius 2 is 1.86 bits per heavy atom. The number of aliphatic hydroxyl groups is 1. The van der Waals surface area contributed by atoms with E-state index >= 15 is 0 Å². The maximum Gasteiger partial charge on any atom is 0.407 e. The fraction of sp³-hybridized carbons (Fsp3) is 0.588. The quantitative estimate of drug-likeness (QED) is 0.782. The number of anilines is 1. The topological polar surface area (TPSA) is 70.6 Å². The van der Waals surface area contributed by atoms with Gasteiger partial charge in [-0.1, -0.05) is 12.1 Å². The minimum absolute atomic E-state index is 0.174. The van der Waals surface area contributed by atoms with Gasteiger partial charge in [-0.25, -0.2) is 4.79 Å². The Hall–Kier alpha value is -1.75. The predicted octanol–water partition coefficient (Wildman–Crippen LogP) is 2.69. The van der Waals surface area contributed by atoms with E-state index in [0.717, 1.165) is 24.1 Å². The Morgan fingerprint density at radius 3 is 2.41 bits per heavy atom. The van der Waals surface area contributed by atoms with Crippen LogP contribution in [0, 0.1) is 0 Å². The van der Waals surface area contributed by atoms with Crippen LogP contribution in [0.1, 0.15) is 39.2 Å². The molecule has 1 aliphatic carbocycles. The second-order valence-corrected chi connectivity index (χ2v) is 6.83. The van der Waals surface area contributed by atoms with E-state index in [1.807, 2.05) is 45.0 Å². The van der Waals surface area contributed by atoms with E-state index in [0.29, 0.717) is 12.5 Å². The number of amides is 1. The van der Waals surface area contributed by atoms with Gasteiger partial charge in [0.2, 0.25) is 0 Å². The van der Waals surface area contributed by atoms with Gasteiger partial charge in [-0.05, 0) is 57.7 Å². The van der Waals surface area contributed by atoms with Crippen molar-refractivity contribution in [1.29, 1.82) is 0 Å². The van der Waals surface area contributed by atoms with E-state index in [9.17, 15) is 4.79 Å². The highest BCUT2D eigenvalue weighted by Crippen LogP contribution is 2.25. The fourth-order valence-electron chi connectivity index (χ4n) is 2.46. The average Bonchev–Trinajstić information content (AvgIpc) is 2.36. The molecule has 2 rings (SSSR count). The molecule has 5 nitrogen and oxygen atoms in total. The number of ether oxygens (including phenoxy) is 1. The van der Waals surface area contributed by atoms with Crippen molar-refractivity contribution in [1.82, 2.24) is 5.32 Å². The minimum atomic E-state index is -0.457. The summed E-state index contributed by atoms with van der Waals surface area (Å²) in [7, 11) is 0. The maximum atomic E-state index is 11.7. The van der Waals surface area contributed by atoms with Gasteiger partial charge < -0.3 is 20.5 Å². The molecule has 122 valence electrons. The van der Waals surface area contributed by atoms with Gasteiger partial charge in [0.1, 0.15) is 5.60 Å². The zero-order chi connectivity index (χ0) is 16.2. The van der Waals surface area contributed by atoms with E-state index in [1.165, 1.54) is 0 Å². The Balaban J connectivity index is 1.70. The number of alkyl carbamates (subject to hydrolysis) is 1. The molecule has 1 aromatic carbocycles. The second kappa shape index (κ2) is 7.01. The fourth-order valence-corrected chi connectivity index (χ4v) is 2.46. The van der Waals surface area contributed by atoms with Crippen LogP contribution in [0.4, 0.5) is 10.5 Å². The average molecular weight is 306 g/mol. The number of benzene rings is 1. The second-order valence-electron chi connectivity index (χ2n) is 6.83. The van der Waals surface area contributed by atoms with E-state index in [2.05, 4.69) is 10.6 Å². The lowest BCUT2D eigenvalue weighted by Gasteiger charge is -2.37. The Morgan fingerprint density at radius 1 is 1.23 bits per heavy atom. The largest absolute Gasteiger partial charge is 0.444 e. The van der Waals surface area contributed by atoms with Crippen molar-refractivity contribution in [3.63, 3.8) is 0 Å². The lowest BCUT2D eigenvalue weighted by molar-refractivity contribution is 0.0475. The third-order valence-corrected chi connectivity index (χ3v) is 3.58. The summed E-state index contributed by atoms with van der Waals surface area (Å²) in [5.41, 5.74) is 1.75. The highest BCUT2D eigenvalue weighted by molar-refractivity contribution is 5.68. The van der Waals surface area contributed by atoms with Crippen LogP contribution in [0.5, 0.6) is 0 Å². The van der Waals surface area contributed by atoms with E-state index in [1.54, 1.807) is 0 Å². The van der Waals surface area contributed by atoms with Crippen molar-refractivity contribution in [2.75, 3.05) is 11.9 Å². The summed E-state index contributed by atoms with van der Waals surface area (Å²) in [6, 6.07) is 8.66. The number of aliphatic hydroxyl groups excluding tert-OH is 1. The van der Waals surface area contributed by atoms with Crippen LogP contribution in [0.3, 0.4) is 0 Å². The van der Waals surface area contributed by atoms with Crippen LogP contribution >= 0.6 is 0 Å². The summed E-state index contributed by atoms with van der Waals surface area (Å²) in [6.07, 6.45) is 2.14. The molecule has 1 fully saturated rings. The molecule has 0 unspecified atom stereocenters. The first-order chi connectivity index (χ1) is 10.4. The zero-order valence-corrected chi connectivity index (χ0v) is 13.6. The number of nitrogens with one attached hydrogen (secondary N) is 2. The summed E-state index contributed by atoms with van der Waals surface area (Å²) < 4.78 is 5.24. The molecule has 1 amide bonds. The van der Waals surface area contributed by atoms with Gasteiger partial charge in [0, 0.05) is 24.4 Å². The number of carbonyl (C=O) groups is 1. The molecular weight excluding hydrogens is 280 g/mol. The number of rotatable bonds is 5. The molecule has 0 bridgehead atoms. The molecule has 1 saturated carbocycles. The summed E-state index contributed by atoms with van der Waals surface area (Å²) >= 11 is 0. The van der Waals surface area contributed by atoms with Gasteiger partial charge in [0.05, 0.1) is 0 Å². The van der Waals surface area contributed by atoms with Gasteiger partial charge in [-0.3, -0.25) is 0 Å². The van der Waals surface area contributed by atoms with Crippen molar-refractivity contribution in [2.45, 2.75) is 57.7 Å². The molecule has 0 radical (unpaired) electrons. The molecule has 0 aromatic heterocycles. The van der Waals surface area contributed by atoms with E-state index < -0.39 is 5.60 Å². The van der Waals surface area contributed by atoms with Gasteiger partial charge in [-0.15, -0.1) is 0 Å². The SMILES string of the molecule is CC(C)(C)OC(=O)NC1CC(Nc2ccc(CCO)cc2)C1. The van der Waals surface area contributed by atoms with E-state index in [-0.39, 0.29) is 18.7 Å². The molecule has 0 aliphatic heterocycles. The highest BCUT2D eigenvalue weighted by Gasteiger charge is 2.31. The van der Waals surface area contributed by atoms with Crippen molar-refractivity contribution in [3.05, 3.63) is 29.8 Å². The normalized spacial score (nSPS) is 20.9. The summed E-state index contributed by atoms with van der Waals surface area (Å²) in [5.74, 6) is 0. The monoisotopic (exact) mass is 306 g/mol. The van der Waals surface area contributed by atoms with Crippen molar-refractivity contribution < 1.29 is 14.6 Å². The maximum absolute atomic E-state index is 11.7. The molecule has 3 N–H and O–H groups in total. The minimum Gasteiger partial charge on any atom is -0.444 e. The lowest BCUT2D eigenvalue weighted by atomic mass is 9.86. The van der Waals surface area contributed by atoms with Gasteiger partial charge >= 0.3 is 6.09 Å². The molecule has 1 aromatic rings. The first-order valence-corrected chi connectivity index (χ1v) is 7.81. The standard InChI is InChI=1S/C17H26N2O3/c1-17(2,3)22-16(21)19-15-10-14(11-15)18-13-6-4-12(5-7-13)8-9-20/h4-7,14-15,18,20H,8-11H2,1-3H3,(H,19,21). The van der Waals surface area contributed by atoms with Crippen LogP contribution in [0.2, 0.25) is 0 Å². The first kappa shape index (κ1) is 16.6. The molecule has 0 atom stereocenters. The molecule has 0 saturated heterocycles. The molecule has 22 heavy (non-hydrogen) atoms. The molecule has 1 aliphatic rings. The predicted molar refractivity (Wildman–Crippen MR) is 87.0 cm³/mol. The summed E-state index contributed by atoms with van der Waals surface area (Å²) in [4.78, 5) is 11.7. The number of carbonyl (C=O) groups excluding carboxylic acids is 1. The van der Waals surface area contributed by atoms with Crippen LogP contribution in [0.15, 0.2) is 24.3 Å². The van der Waals surface area contributed by atoms with Crippen molar-refractivity contribution in [3.8, 4) is 0 Å². The van der Waals surface area contributed by atoms with Crippen LogP contribution < -0.4 is 10.6 Å². The molecule has 5 heteroatoms. The molecular formula is C17H26N2O3. The van der Waals surface area contributed by atoms with Gasteiger partial charge in [0.15, 0.2) is 0 Å². The van der Waals surface area contributed by atoms with Gasteiger partial charge in [-0.2, -0.15) is 0 Å². The molecule has 0 spiro atoms. The van der Waals surface area contributed by atoms with Crippen LogP contribution in [-0.4, -0.2) is 35.5 Å². The zero-order valence-electron chi connectivity index (χ0n) is 13.6. The lowest BCUT2D eigenvalue weighted by Crippen LogP contribution is -2.50. The number of hydrogen-bond donors (Lipinski definition) is 3. The third kappa shape index (κ3) is 5.22.